The summed E-state index contributed by atoms with van der Waals surface area (Å²) >= 11 is 0. The third kappa shape index (κ3) is 4.89. The van der Waals surface area contributed by atoms with Crippen molar-refractivity contribution < 1.29 is 14.3 Å². The average Bonchev–Trinajstić information content (AvgIpc) is 2.86. The van der Waals surface area contributed by atoms with Gasteiger partial charge in [-0.2, -0.15) is 0 Å². The van der Waals surface area contributed by atoms with Crippen molar-refractivity contribution in [2.24, 2.45) is 11.3 Å². The lowest BCUT2D eigenvalue weighted by molar-refractivity contribution is 0.0367. The fourth-order valence-corrected chi connectivity index (χ4v) is 1.54. The zero-order valence-electron chi connectivity index (χ0n) is 13.0. The molecule has 0 saturated carbocycles. The van der Waals surface area contributed by atoms with E-state index >= 15 is 0 Å². The maximum absolute atomic E-state index is 11.7. The highest BCUT2D eigenvalue weighted by molar-refractivity contribution is 5.73. The van der Waals surface area contributed by atoms with Crippen molar-refractivity contribution in [2.45, 2.75) is 40.2 Å². The largest absolute Gasteiger partial charge is 0.466 e. The summed E-state index contributed by atoms with van der Waals surface area (Å²) in [5, 5.41) is 15.7. The number of urea groups is 1. The fraction of sp³-hybridized carbons (Fsp3) is 0.667. The van der Waals surface area contributed by atoms with Crippen LogP contribution in [0.1, 0.15) is 40.4 Å². The number of rotatable bonds is 5. The predicted octanol–water partition coefficient (Wildman–Crippen LogP) is 2.47. The Bertz CT molecular complexity index is 419. The van der Waals surface area contributed by atoms with Gasteiger partial charge in [0, 0.05) is 6.54 Å². The molecule has 0 radical (unpaired) electrons. The molecule has 5 heteroatoms. The summed E-state index contributed by atoms with van der Waals surface area (Å²) in [6, 6.07) is 3.10. The molecular formula is C15H26N2O3. The van der Waals surface area contributed by atoms with Crippen LogP contribution in [0.3, 0.4) is 0 Å². The van der Waals surface area contributed by atoms with E-state index in [2.05, 4.69) is 38.3 Å². The zero-order chi connectivity index (χ0) is 15.4. The van der Waals surface area contributed by atoms with E-state index < -0.39 is 5.60 Å². The summed E-state index contributed by atoms with van der Waals surface area (Å²) in [5.41, 5.74) is -1.07. The molecule has 0 bridgehead atoms. The van der Waals surface area contributed by atoms with E-state index in [1.165, 1.54) is 6.26 Å². The number of amides is 2. The van der Waals surface area contributed by atoms with Crippen molar-refractivity contribution in [3.63, 3.8) is 0 Å². The third-order valence-electron chi connectivity index (χ3n) is 3.69. The van der Waals surface area contributed by atoms with Crippen LogP contribution < -0.4 is 10.6 Å². The molecule has 2 atom stereocenters. The summed E-state index contributed by atoms with van der Waals surface area (Å²) in [4.78, 5) is 11.7. The second kappa shape index (κ2) is 6.31. The normalized spacial score (nSPS) is 16.3. The van der Waals surface area contributed by atoms with Crippen molar-refractivity contribution in [2.75, 3.05) is 13.1 Å². The molecule has 0 saturated heterocycles. The maximum atomic E-state index is 11.7. The monoisotopic (exact) mass is 282 g/mol. The van der Waals surface area contributed by atoms with Crippen LogP contribution >= 0.6 is 0 Å². The van der Waals surface area contributed by atoms with Crippen LogP contribution in [-0.4, -0.2) is 24.2 Å². The number of carbonyl (C=O) groups is 1. The Morgan fingerprint density at radius 2 is 2.00 bits per heavy atom. The summed E-state index contributed by atoms with van der Waals surface area (Å²) < 4.78 is 5.15. The molecule has 0 aliphatic rings. The molecule has 0 aromatic carbocycles. The van der Waals surface area contributed by atoms with Crippen LogP contribution in [0.25, 0.3) is 0 Å². The Balaban J connectivity index is 2.37. The molecule has 2 amide bonds. The smallest absolute Gasteiger partial charge is 0.314 e. The number of hydrogen-bond acceptors (Lipinski definition) is 3. The molecule has 0 aliphatic heterocycles. The molecule has 3 N–H and O–H groups in total. The van der Waals surface area contributed by atoms with Gasteiger partial charge in [-0.25, -0.2) is 4.79 Å². The van der Waals surface area contributed by atoms with E-state index in [1.807, 2.05) is 0 Å². The Labute approximate surface area is 120 Å². The Kier molecular flexibility index (Phi) is 5.22. The van der Waals surface area contributed by atoms with Gasteiger partial charge in [0.2, 0.25) is 0 Å². The lowest BCUT2D eigenvalue weighted by Crippen LogP contribution is -2.45. The standard InChI is InChI=1S/C15H26N2O3/c1-11(14(2,3)4)9-16-13(18)17-10-15(5,19)12-7-6-8-20-12/h6-8,11,19H,9-10H2,1-5H3,(H2,16,17,18)/t11-,15+/m0/s1. The van der Waals surface area contributed by atoms with Gasteiger partial charge in [0.1, 0.15) is 11.4 Å². The molecule has 1 rings (SSSR count). The Morgan fingerprint density at radius 1 is 1.35 bits per heavy atom. The van der Waals surface area contributed by atoms with Crippen LogP contribution in [0.15, 0.2) is 22.8 Å². The van der Waals surface area contributed by atoms with E-state index in [4.69, 9.17) is 4.42 Å². The highest BCUT2D eigenvalue weighted by Gasteiger charge is 2.27. The van der Waals surface area contributed by atoms with Gasteiger partial charge in [-0.1, -0.05) is 27.7 Å². The Hall–Kier alpha value is -1.49. The van der Waals surface area contributed by atoms with Crippen LogP contribution in [0, 0.1) is 11.3 Å². The lowest BCUT2D eigenvalue weighted by Gasteiger charge is -2.27. The fourth-order valence-electron chi connectivity index (χ4n) is 1.54. The molecule has 0 spiro atoms. The van der Waals surface area contributed by atoms with E-state index in [-0.39, 0.29) is 18.0 Å². The number of carbonyl (C=O) groups excluding carboxylic acids is 1. The third-order valence-corrected chi connectivity index (χ3v) is 3.69. The summed E-state index contributed by atoms with van der Waals surface area (Å²) in [6.45, 7) is 10.8. The van der Waals surface area contributed by atoms with Crippen LogP contribution in [0.5, 0.6) is 0 Å². The minimum absolute atomic E-state index is 0.0935. The highest BCUT2D eigenvalue weighted by Crippen LogP contribution is 2.24. The first-order valence-electron chi connectivity index (χ1n) is 6.91. The first-order chi connectivity index (χ1) is 9.13. The van der Waals surface area contributed by atoms with E-state index in [1.54, 1.807) is 19.1 Å². The molecule has 5 nitrogen and oxygen atoms in total. The van der Waals surface area contributed by atoms with Gasteiger partial charge in [-0.3, -0.25) is 0 Å². The molecule has 0 fully saturated rings. The molecule has 20 heavy (non-hydrogen) atoms. The number of aliphatic hydroxyl groups is 1. The van der Waals surface area contributed by atoms with Crippen molar-refractivity contribution in [3.8, 4) is 0 Å². The second-order valence-corrected chi connectivity index (χ2v) is 6.58. The molecule has 0 aliphatic carbocycles. The van der Waals surface area contributed by atoms with Crippen molar-refractivity contribution in [1.29, 1.82) is 0 Å². The topological polar surface area (TPSA) is 74.5 Å². The highest BCUT2D eigenvalue weighted by atomic mass is 16.4. The van der Waals surface area contributed by atoms with Gasteiger partial charge >= 0.3 is 6.03 Å². The average molecular weight is 282 g/mol. The number of furan rings is 1. The molecule has 0 unspecified atom stereocenters. The SMILES string of the molecule is C[C@@H](CNC(=O)NC[C@@](C)(O)c1ccco1)C(C)(C)C. The number of hydrogen-bond donors (Lipinski definition) is 3. The van der Waals surface area contributed by atoms with Gasteiger partial charge in [0.25, 0.3) is 0 Å². The molecule has 1 aromatic heterocycles. The van der Waals surface area contributed by atoms with Gasteiger partial charge in [0.05, 0.1) is 12.8 Å². The summed E-state index contributed by atoms with van der Waals surface area (Å²) in [7, 11) is 0. The van der Waals surface area contributed by atoms with E-state index in [9.17, 15) is 9.90 Å². The van der Waals surface area contributed by atoms with Crippen molar-refractivity contribution in [3.05, 3.63) is 24.2 Å². The summed E-state index contributed by atoms with van der Waals surface area (Å²) in [6.07, 6.45) is 1.49. The van der Waals surface area contributed by atoms with Gasteiger partial charge < -0.3 is 20.2 Å². The van der Waals surface area contributed by atoms with Gasteiger partial charge in [0.15, 0.2) is 0 Å². The van der Waals surface area contributed by atoms with Gasteiger partial charge in [-0.15, -0.1) is 0 Å². The molecule has 1 aromatic rings. The maximum Gasteiger partial charge on any atom is 0.314 e. The number of nitrogens with one attached hydrogen (secondary N) is 2. The van der Waals surface area contributed by atoms with Gasteiger partial charge in [-0.05, 0) is 30.4 Å². The molecular weight excluding hydrogens is 256 g/mol. The molecule has 1 heterocycles. The van der Waals surface area contributed by atoms with Crippen LogP contribution in [0.2, 0.25) is 0 Å². The van der Waals surface area contributed by atoms with Crippen molar-refractivity contribution in [1.82, 2.24) is 10.6 Å². The van der Waals surface area contributed by atoms with E-state index in [0.29, 0.717) is 18.2 Å². The first-order valence-corrected chi connectivity index (χ1v) is 6.91. The van der Waals surface area contributed by atoms with E-state index in [0.717, 1.165) is 0 Å². The first kappa shape index (κ1) is 16.6. The lowest BCUT2D eigenvalue weighted by atomic mass is 9.82. The zero-order valence-corrected chi connectivity index (χ0v) is 13.0. The second-order valence-electron chi connectivity index (χ2n) is 6.58. The minimum Gasteiger partial charge on any atom is -0.466 e. The Morgan fingerprint density at radius 3 is 2.50 bits per heavy atom. The minimum atomic E-state index is -1.21. The quantitative estimate of drug-likeness (QED) is 0.776. The van der Waals surface area contributed by atoms with Crippen molar-refractivity contribution >= 4 is 6.03 Å². The molecule has 114 valence electrons. The predicted molar refractivity (Wildman–Crippen MR) is 78.3 cm³/mol. The summed E-state index contributed by atoms with van der Waals surface area (Å²) in [5.74, 6) is 0.791. The van der Waals surface area contributed by atoms with Crippen LogP contribution in [0.4, 0.5) is 4.79 Å². The van der Waals surface area contributed by atoms with Crippen LogP contribution in [-0.2, 0) is 5.60 Å².